The van der Waals surface area contributed by atoms with Gasteiger partial charge in [0.05, 0.1) is 0 Å². The fourth-order valence-corrected chi connectivity index (χ4v) is 6.82. The van der Waals surface area contributed by atoms with Crippen LogP contribution in [0.1, 0.15) is 52.4 Å². The van der Waals surface area contributed by atoms with Crippen LogP contribution in [0.4, 0.5) is 0 Å². The molecule has 6 nitrogen and oxygen atoms in total. The molecule has 6 atom stereocenters. The maximum Gasteiger partial charge on any atom is 0.190 e. The Hall–Kier alpha value is -1.66. The SMILES string of the molecule is C[C@]12CCC(=O)C=C1C(=O)C[C@@H]1[C@@H]2C(=O)C[C@@]2(C)[C@H]1CC[C@]2(O)C(=O)CO. The number of ketones is 4. The number of aliphatic hydroxyl groups excluding tert-OH is 1. The van der Waals surface area contributed by atoms with E-state index < -0.39 is 28.8 Å². The first-order valence-corrected chi connectivity index (χ1v) is 9.76. The van der Waals surface area contributed by atoms with Gasteiger partial charge in [-0.2, -0.15) is 0 Å². The second-order valence-electron chi connectivity index (χ2n) is 9.36. The zero-order chi connectivity index (χ0) is 19.8. The fourth-order valence-electron chi connectivity index (χ4n) is 6.82. The summed E-state index contributed by atoms with van der Waals surface area (Å²) in [5, 5.41) is 20.5. The molecule has 3 fully saturated rings. The number of hydrogen-bond donors (Lipinski definition) is 2. The van der Waals surface area contributed by atoms with Gasteiger partial charge in [-0.15, -0.1) is 0 Å². The van der Waals surface area contributed by atoms with Gasteiger partial charge in [-0.05, 0) is 37.2 Å². The molecule has 0 heterocycles. The van der Waals surface area contributed by atoms with Crippen molar-refractivity contribution in [2.45, 2.75) is 58.0 Å². The summed E-state index contributed by atoms with van der Waals surface area (Å²) < 4.78 is 0. The molecule has 0 unspecified atom stereocenters. The van der Waals surface area contributed by atoms with Gasteiger partial charge < -0.3 is 10.2 Å². The molecular formula is C21H26O6. The lowest BCUT2D eigenvalue weighted by atomic mass is 9.45. The van der Waals surface area contributed by atoms with Crippen LogP contribution in [0.25, 0.3) is 0 Å². The van der Waals surface area contributed by atoms with Gasteiger partial charge in [0.2, 0.25) is 0 Å². The molecule has 0 bridgehead atoms. The summed E-state index contributed by atoms with van der Waals surface area (Å²) in [6.07, 6.45) is 3.24. The van der Waals surface area contributed by atoms with Crippen molar-refractivity contribution in [2.75, 3.05) is 6.61 Å². The minimum absolute atomic E-state index is 0.0416. The normalized spacial score (nSPS) is 46.4. The second kappa shape index (κ2) is 5.67. The molecule has 0 saturated heterocycles. The predicted octanol–water partition coefficient (Wildman–Crippen LogP) is 1.17. The topological polar surface area (TPSA) is 109 Å². The highest BCUT2D eigenvalue weighted by Gasteiger charge is 2.69. The van der Waals surface area contributed by atoms with Crippen LogP contribution in [0.2, 0.25) is 0 Å². The van der Waals surface area contributed by atoms with Gasteiger partial charge in [-0.3, -0.25) is 19.2 Å². The molecule has 4 aliphatic rings. The molecule has 0 spiro atoms. The fraction of sp³-hybridized carbons (Fsp3) is 0.714. The average molecular weight is 374 g/mol. The molecule has 3 saturated carbocycles. The standard InChI is InChI=1S/C21H26O6/c1-19-5-3-11(23)7-14(19)15(24)8-12-13-4-6-21(27,17(26)10-22)20(13,2)9-16(25)18(12)19/h7,12-13,18,22,27H,3-6,8-10H2,1-2H3/t12-,13-,18+,19-,20-,21-/m0/s1. The van der Waals surface area contributed by atoms with Crippen molar-refractivity contribution in [3.8, 4) is 0 Å². The molecule has 0 aromatic heterocycles. The Morgan fingerprint density at radius 1 is 1.22 bits per heavy atom. The van der Waals surface area contributed by atoms with E-state index in [0.717, 1.165) is 0 Å². The molecule has 0 radical (unpaired) electrons. The summed E-state index contributed by atoms with van der Waals surface area (Å²) in [6, 6.07) is 0. The van der Waals surface area contributed by atoms with Gasteiger partial charge >= 0.3 is 0 Å². The first-order chi connectivity index (χ1) is 12.6. The van der Waals surface area contributed by atoms with Gasteiger partial charge in [0, 0.05) is 41.6 Å². The number of fused-ring (bicyclic) bond motifs is 5. The highest BCUT2D eigenvalue weighted by Crippen LogP contribution is 2.66. The first-order valence-electron chi connectivity index (χ1n) is 9.76. The maximum atomic E-state index is 13.3. The lowest BCUT2D eigenvalue weighted by Gasteiger charge is -2.57. The van der Waals surface area contributed by atoms with E-state index in [1.54, 1.807) is 6.92 Å². The number of allylic oxidation sites excluding steroid dienone is 1. The van der Waals surface area contributed by atoms with Crippen LogP contribution < -0.4 is 0 Å². The molecule has 6 heteroatoms. The summed E-state index contributed by atoms with van der Waals surface area (Å²) in [4.78, 5) is 50.4. The Balaban J connectivity index is 1.79. The summed E-state index contributed by atoms with van der Waals surface area (Å²) in [6.45, 7) is 2.92. The van der Waals surface area contributed by atoms with Crippen LogP contribution in [-0.4, -0.2) is 45.6 Å². The van der Waals surface area contributed by atoms with E-state index in [-0.39, 0.29) is 54.4 Å². The van der Waals surface area contributed by atoms with E-state index in [1.807, 2.05) is 6.92 Å². The summed E-state index contributed by atoms with van der Waals surface area (Å²) in [5.74, 6) is -1.57. The second-order valence-corrected chi connectivity index (χ2v) is 9.36. The van der Waals surface area contributed by atoms with E-state index in [0.29, 0.717) is 24.8 Å². The third-order valence-electron chi connectivity index (χ3n) is 8.24. The van der Waals surface area contributed by atoms with Crippen molar-refractivity contribution in [3.05, 3.63) is 11.6 Å². The van der Waals surface area contributed by atoms with Gasteiger partial charge in [-0.1, -0.05) is 13.8 Å². The van der Waals surface area contributed by atoms with E-state index in [4.69, 9.17) is 0 Å². The zero-order valence-electron chi connectivity index (χ0n) is 15.8. The van der Waals surface area contributed by atoms with Gasteiger partial charge in [0.25, 0.3) is 0 Å². The highest BCUT2D eigenvalue weighted by molar-refractivity contribution is 6.07. The van der Waals surface area contributed by atoms with Crippen LogP contribution in [0.15, 0.2) is 11.6 Å². The Morgan fingerprint density at radius 3 is 2.59 bits per heavy atom. The van der Waals surface area contributed by atoms with Crippen molar-refractivity contribution in [1.29, 1.82) is 0 Å². The van der Waals surface area contributed by atoms with Crippen molar-refractivity contribution in [3.63, 3.8) is 0 Å². The van der Waals surface area contributed by atoms with Gasteiger partial charge in [0.15, 0.2) is 17.3 Å². The minimum Gasteiger partial charge on any atom is -0.388 e. The van der Waals surface area contributed by atoms with Crippen molar-refractivity contribution < 1.29 is 29.4 Å². The number of hydrogen-bond acceptors (Lipinski definition) is 6. The maximum absolute atomic E-state index is 13.3. The highest BCUT2D eigenvalue weighted by atomic mass is 16.3. The number of carbonyl (C=O) groups excluding carboxylic acids is 4. The van der Waals surface area contributed by atoms with E-state index >= 15 is 0 Å². The summed E-state index contributed by atoms with van der Waals surface area (Å²) in [7, 11) is 0. The Kier molecular flexibility index (Phi) is 3.93. The van der Waals surface area contributed by atoms with Crippen LogP contribution in [-0.2, 0) is 19.2 Å². The quantitative estimate of drug-likeness (QED) is 0.751. The lowest BCUT2D eigenvalue weighted by molar-refractivity contribution is -0.171. The van der Waals surface area contributed by atoms with Gasteiger partial charge in [0.1, 0.15) is 18.0 Å². The molecule has 2 N–H and O–H groups in total. The summed E-state index contributed by atoms with van der Waals surface area (Å²) in [5.41, 5.74) is -2.85. The Labute approximate surface area is 158 Å². The molecule has 0 aromatic rings. The van der Waals surface area contributed by atoms with Crippen molar-refractivity contribution in [1.82, 2.24) is 0 Å². The number of Topliss-reactive ketones (excluding diaryl/α,β-unsaturated/α-hetero) is 3. The number of aliphatic hydroxyl groups is 2. The van der Waals surface area contributed by atoms with E-state index in [9.17, 15) is 29.4 Å². The minimum atomic E-state index is -1.73. The van der Waals surface area contributed by atoms with Gasteiger partial charge in [-0.25, -0.2) is 0 Å². The van der Waals surface area contributed by atoms with E-state index in [2.05, 4.69) is 0 Å². The first kappa shape index (κ1) is 18.7. The molecule has 27 heavy (non-hydrogen) atoms. The number of carbonyl (C=O) groups is 4. The third-order valence-corrected chi connectivity index (χ3v) is 8.24. The largest absolute Gasteiger partial charge is 0.388 e. The monoisotopic (exact) mass is 374 g/mol. The lowest BCUT2D eigenvalue weighted by Crippen LogP contribution is -2.61. The molecular weight excluding hydrogens is 348 g/mol. The predicted molar refractivity (Wildman–Crippen MR) is 94.5 cm³/mol. The van der Waals surface area contributed by atoms with Crippen LogP contribution in [0, 0.1) is 28.6 Å². The molecule has 0 amide bonds. The zero-order valence-corrected chi connectivity index (χ0v) is 15.8. The van der Waals surface area contributed by atoms with Crippen LogP contribution in [0.5, 0.6) is 0 Å². The molecule has 146 valence electrons. The van der Waals surface area contributed by atoms with E-state index in [1.165, 1.54) is 6.08 Å². The summed E-state index contributed by atoms with van der Waals surface area (Å²) >= 11 is 0. The third kappa shape index (κ3) is 2.20. The van der Waals surface area contributed by atoms with Crippen molar-refractivity contribution in [2.24, 2.45) is 28.6 Å². The smallest absolute Gasteiger partial charge is 0.190 e. The van der Waals surface area contributed by atoms with Crippen molar-refractivity contribution >= 4 is 23.1 Å². The molecule has 0 aromatic carbocycles. The Bertz CT molecular complexity index is 796. The molecule has 4 rings (SSSR count). The van der Waals surface area contributed by atoms with Crippen LogP contribution in [0.3, 0.4) is 0 Å². The molecule has 0 aliphatic heterocycles. The molecule has 4 aliphatic carbocycles. The number of rotatable bonds is 2. The van der Waals surface area contributed by atoms with Crippen LogP contribution >= 0.6 is 0 Å². The Morgan fingerprint density at radius 2 is 1.93 bits per heavy atom. The average Bonchev–Trinajstić information content (AvgIpc) is 2.87.